The van der Waals surface area contributed by atoms with E-state index >= 15 is 0 Å². The minimum atomic E-state index is -3.54. The van der Waals surface area contributed by atoms with Crippen molar-refractivity contribution in [1.29, 1.82) is 0 Å². The highest BCUT2D eigenvalue weighted by Crippen LogP contribution is 2.43. The Hall–Kier alpha value is -7.95. The van der Waals surface area contributed by atoms with Crippen LogP contribution in [-0.2, 0) is 79.8 Å². The number of esters is 1. The molecular weight excluding hydrogens is 1110 g/mol. The number of aryl methyl sites for hydroxylation is 1. The number of carbonyl (C=O) groups excluding carboxylic acids is 6. The molecule has 452 valence electrons. The van der Waals surface area contributed by atoms with Crippen LogP contribution >= 0.6 is 0 Å². The monoisotopic (exact) mass is 1180 g/mol. The quantitative estimate of drug-likeness (QED) is 0.0192. The summed E-state index contributed by atoms with van der Waals surface area (Å²) in [6, 6.07) is 3.27. The van der Waals surface area contributed by atoms with Crippen molar-refractivity contribution in [3.63, 3.8) is 0 Å². The SMILES string of the molecule is CCN(CCc1c2c(nc3cc4c(cc13)OCO4)-c1cc3c(c(=O)n1C2)COC(=O)[C@]3(O)CC)C(=O)COCNC(=O)CNC(=O)[C@H](CCCCN(C)C)NC(=O)[C@@H](NC(=O)CCCCCn1cc(-c2cnc(S(C)(=O)=O)nc2)nn1)C(C)C. The number of pyridine rings is 2. The lowest BCUT2D eigenvalue weighted by atomic mass is 9.86. The maximum atomic E-state index is 14.0. The molecule has 0 saturated heterocycles. The number of aromatic nitrogens is 7. The number of unbranched alkanes of at least 4 members (excludes halogenated alkanes) is 3. The van der Waals surface area contributed by atoms with Crippen LogP contribution < -0.4 is 36.3 Å². The molecule has 0 aliphatic carbocycles. The third kappa shape index (κ3) is 14.5. The number of nitrogens with zero attached hydrogens (tertiary/aromatic N) is 9. The van der Waals surface area contributed by atoms with E-state index in [0.29, 0.717) is 84.9 Å². The Morgan fingerprint density at radius 3 is 2.35 bits per heavy atom. The van der Waals surface area contributed by atoms with Gasteiger partial charge in [0.15, 0.2) is 17.1 Å². The van der Waals surface area contributed by atoms with E-state index < -0.39 is 63.3 Å². The van der Waals surface area contributed by atoms with E-state index in [1.54, 1.807) is 53.2 Å². The molecular formula is C56H73N13O14S. The van der Waals surface area contributed by atoms with Crippen LogP contribution in [0.4, 0.5) is 0 Å². The number of nitrogens with one attached hydrogen (secondary N) is 4. The largest absolute Gasteiger partial charge is 0.458 e. The molecule has 0 bridgehead atoms. The van der Waals surface area contributed by atoms with Crippen molar-refractivity contribution in [3.05, 3.63) is 69.4 Å². The zero-order chi connectivity index (χ0) is 60.5. The van der Waals surface area contributed by atoms with Crippen molar-refractivity contribution in [2.45, 2.75) is 128 Å². The lowest BCUT2D eigenvalue weighted by molar-refractivity contribution is -0.172. The third-order valence-electron chi connectivity index (χ3n) is 15.0. The second kappa shape index (κ2) is 27.2. The number of fused-ring (bicyclic) bond motifs is 6. The number of amides is 5. The van der Waals surface area contributed by atoms with E-state index in [4.69, 9.17) is 23.9 Å². The highest BCUT2D eigenvalue weighted by atomic mass is 32.2. The minimum Gasteiger partial charge on any atom is -0.458 e. The van der Waals surface area contributed by atoms with E-state index in [1.165, 1.54) is 12.4 Å². The number of cyclic esters (lactones) is 1. The molecule has 28 heteroatoms. The van der Waals surface area contributed by atoms with Crippen molar-refractivity contribution >= 4 is 56.2 Å². The molecule has 4 aromatic heterocycles. The number of rotatable bonds is 29. The number of benzene rings is 1. The number of sulfone groups is 1. The number of ether oxygens (including phenoxy) is 4. The summed E-state index contributed by atoms with van der Waals surface area (Å²) in [4.78, 5) is 110. The summed E-state index contributed by atoms with van der Waals surface area (Å²) in [5.74, 6) is -2.56. The fourth-order valence-electron chi connectivity index (χ4n) is 10.3. The normalized spacial score (nSPS) is 15.7. The van der Waals surface area contributed by atoms with Crippen LogP contribution in [0.1, 0.15) is 101 Å². The summed E-state index contributed by atoms with van der Waals surface area (Å²) in [5, 5.41) is 30.9. The van der Waals surface area contributed by atoms with Crippen LogP contribution in [0.3, 0.4) is 0 Å². The topological polar surface area (TPSA) is 340 Å². The van der Waals surface area contributed by atoms with Gasteiger partial charge in [-0.2, -0.15) is 0 Å². The molecule has 0 fully saturated rings. The van der Waals surface area contributed by atoms with Crippen LogP contribution in [0.25, 0.3) is 33.5 Å². The van der Waals surface area contributed by atoms with Gasteiger partial charge in [-0.05, 0) is 96.1 Å². The Bertz CT molecular complexity index is 3460. The van der Waals surface area contributed by atoms with Crippen LogP contribution in [-0.4, -0.2) is 172 Å². The van der Waals surface area contributed by atoms with Crippen LogP contribution in [0, 0.1) is 5.92 Å². The molecule has 84 heavy (non-hydrogen) atoms. The average molecular weight is 1180 g/mol. The number of likely N-dealkylation sites (N-methyl/N-ethyl adjacent to an activating group) is 1. The summed E-state index contributed by atoms with van der Waals surface area (Å²) in [6.07, 6.45) is 9.39. The van der Waals surface area contributed by atoms with Gasteiger partial charge in [-0.25, -0.2) is 28.2 Å². The summed E-state index contributed by atoms with van der Waals surface area (Å²) in [7, 11) is 0.315. The van der Waals surface area contributed by atoms with Gasteiger partial charge in [0, 0.05) is 72.8 Å². The van der Waals surface area contributed by atoms with Gasteiger partial charge in [0.2, 0.25) is 51.3 Å². The van der Waals surface area contributed by atoms with Gasteiger partial charge in [-0.15, -0.1) is 5.10 Å². The molecule has 5 N–H and O–H groups in total. The summed E-state index contributed by atoms with van der Waals surface area (Å²) >= 11 is 0. The maximum Gasteiger partial charge on any atom is 0.343 e. The molecule has 27 nitrogen and oxygen atoms in total. The molecule has 0 saturated carbocycles. The number of hydrogen-bond donors (Lipinski definition) is 5. The second-order valence-electron chi connectivity index (χ2n) is 21.6. The molecule has 0 radical (unpaired) electrons. The lowest BCUT2D eigenvalue weighted by Crippen LogP contribution is -2.56. The molecule has 7 heterocycles. The highest BCUT2D eigenvalue weighted by Gasteiger charge is 2.46. The van der Waals surface area contributed by atoms with Crippen molar-refractivity contribution in [2.75, 3.05) is 66.7 Å². The molecule has 3 aliphatic rings. The van der Waals surface area contributed by atoms with E-state index in [2.05, 4.69) is 41.5 Å². The average Bonchev–Trinajstić information content (AvgIpc) is 1.75. The van der Waals surface area contributed by atoms with Gasteiger partial charge < -0.3 is 59.7 Å². The number of aliphatic hydroxyl groups is 1. The minimum absolute atomic E-state index is 0.00637. The van der Waals surface area contributed by atoms with E-state index in [-0.39, 0.29) is 93.1 Å². The van der Waals surface area contributed by atoms with E-state index in [9.17, 15) is 47.1 Å². The summed E-state index contributed by atoms with van der Waals surface area (Å²) in [6.45, 7) is 7.56. The molecule has 3 atom stereocenters. The van der Waals surface area contributed by atoms with E-state index in [0.717, 1.165) is 35.7 Å². The molecule has 8 rings (SSSR count). The third-order valence-corrected chi connectivity index (χ3v) is 15.9. The van der Waals surface area contributed by atoms with Crippen molar-refractivity contribution in [3.8, 4) is 34.1 Å². The predicted molar refractivity (Wildman–Crippen MR) is 302 cm³/mol. The number of hydrogen-bond acceptors (Lipinski definition) is 20. The zero-order valence-corrected chi connectivity index (χ0v) is 49.1. The molecule has 1 aromatic carbocycles. The first kappa shape index (κ1) is 62.1. The summed E-state index contributed by atoms with van der Waals surface area (Å²) < 4.78 is 48.8. The van der Waals surface area contributed by atoms with Gasteiger partial charge >= 0.3 is 5.97 Å². The Morgan fingerprint density at radius 1 is 0.893 bits per heavy atom. The first-order valence-electron chi connectivity index (χ1n) is 28.1. The first-order valence-corrected chi connectivity index (χ1v) is 30.0. The Labute approximate surface area is 485 Å². The fourth-order valence-corrected chi connectivity index (χ4v) is 10.7. The standard InChI is InChI=1S/C56H73N13O14S/c1-8-56(77)39-22-43-50-37(27-69(43)53(75)38(39)29-81-54(56)76)35(36-21-44-45(83-32-82-44)23-41(36)61-50)17-20-67(9-2)48(72)30-80-31-60-47(71)26-57-51(73)40(15-12-14-18-66(5)6)62-52(74)49(33(3)4)63-46(70)16-11-10-13-19-68-28-42(64-65-68)34-24-58-55(59-25-34)84(7,78)79/h21-25,28,33,40,49,77H,8-20,26-27,29-32H2,1-7H3,(H,57,73)(H,60,71)(H,62,74)(H,63,70)/t40-,49-,56-/m0/s1. The fraction of sp³-hybridized carbons (Fsp3) is 0.536. The number of carbonyl (C=O) groups is 6. The first-order chi connectivity index (χ1) is 40.1. The van der Waals surface area contributed by atoms with E-state index in [1.807, 2.05) is 32.0 Å². The molecule has 5 aromatic rings. The molecule has 0 unspecified atom stereocenters. The highest BCUT2D eigenvalue weighted by molar-refractivity contribution is 7.90. The predicted octanol–water partition coefficient (Wildman–Crippen LogP) is 1.48. The second-order valence-corrected chi connectivity index (χ2v) is 23.5. The Morgan fingerprint density at radius 2 is 1.64 bits per heavy atom. The van der Waals surface area contributed by atoms with Crippen LogP contribution in [0.2, 0.25) is 0 Å². The van der Waals surface area contributed by atoms with Crippen LogP contribution in [0.5, 0.6) is 11.5 Å². The van der Waals surface area contributed by atoms with Crippen molar-refractivity contribution in [1.82, 2.24) is 65.6 Å². The molecule has 0 spiro atoms. The van der Waals surface area contributed by atoms with Crippen LogP contribution in [0.15, 0.2) is 46.7 Å². The lowest BCUT2D eigenvalue weighted by Gasteiger charge is -2.31. The van der Waals surface area contributed by atoms with Gasteiger partial charge in [0.05, 0.1) is 41.8 Å². The molecule has 5 amide bonds. The van der Waals surface area contributed by atoms with Crippen molar-refractivity contribution in [2.24, 2.45) is 5.92 Å². The van der Waals surface area contributed by atoms with Gasteiger partial charge in [0.25, 0.3) is 5.56 Å². The Kier molecular flexibility index (Phi) is 20.1. The van der Waals surface area contributed by atoms with Gasteiger partial charge in [0.1, 0.15) is 37.7 Å². The van der Waals surface area contributed by atoms with Gasteiger partial charge in [-0.3, -0.25) is 33.4 Å². The van der Waals surface area contributed by atoms with Crippen molar-refractivity contribution < 1.29 is 61.2 Å². The molecule has 3 aliphatic heterocycles. The summed E-state index contributed by atoms with van der Waals surface area (Å²) in [5.41, 5.74) is 2.00. The Balaban J connectivity index is 0.802. The maximum absolute atomic E-state index is 14.0. The smallest absolute Gasteiger partial charge is 0.343 e. The van der Waals surface area contributed by atoms with Gasteiger partial charge in [-0.1, -0.05) is 32.4 Å². The zero-order valence-electron chi connectivity index (χ0n) is 48.3.